The van der Waals surface area contributed by atoms with Crippen molar-refractivity contribution < 1.29 is 9.53 Å². The van der Waals surface area contributed by atoms with Crippen molar-refractivity contribution in [2.24, 2.45) is 0 Å². The van der Waals surface area contributed by atoms with Crippen LogP contribution in [-0.4, -0.2) is 13.1 Å². The molecule has 0 amide bonds. The molecule has 3 rings (SSSR count). The Morgan fingerprint density at radius 1 is 0.957 bits per heavy atom. The summed E-state index contributed by atoms with van der Waals surface area (Å²) in [6.45, 7) is 2.02. The van der Waals surface area contributed by atoms with Crippen LogP contribution in [0.2, 0.25) is 10.0 Å². The topological polar surface area (TPSA) is 26.3 Å². The van der Waals surface area contributed by atoms with E-state index in [4.69, 9.17) is 27.9 Å². The first-order valence-corrected chi connectivity index (χ1v) is 7.84. The first-order chi connectivity index (χ1) is 11.0. The van der Waals surface area contributed by atoms with Gasteiger partial charge in [0.15, 0.2) is 0 Å². The smallest absolute Gasteiger partial charge is 0.337 e. The summed E-state index contributed by atoms with van der Waals surface area (Å²) >= 11 is 12.8. The molecule has 0 fully saturated rings. The van der Waals surface area contributed by atoms with E-state index < -0.39 is 5.97 Å². The van der Waals surface area contributed by atoms with E-state index in [2.05, 4.69) is 0 Å². The van der Waals surface area contributed by atoms with Gasteiger partial charge in [-0.3, -0.25) is 0 Å². The summed E-state index contributed by atoms with van der Waals surface area (Å²) in [6, 6.07) is 15.0. The highest BCUT2D eigenvalue weighted by Crippen LogP contribution is 2.40. The van der Waals surface area contributed by atoms with Crippen LogP contribution in [0.4, 0.5) is 0 Å². The van der Waals surface area contributed by atoms with Crippen LogP contribution in [0.5, 0.6) is 0 Å². The highest BCUT2D eigenvalue weighted by Gasteiger charge is 2.16. The SMILES string of the molecule is COC(=O)c1ccc2c(Cl)cc(Cl)c(-c3ccccc3C)c2c1. The minimum Gasteiger partial charge on any atom is -0.465 e. The van der Waals surface area contributed by atoms with E-state index in [1.165, 1.54) is 7.11 Å². The zero-order valence-electron chi connectivity index (χ0n) is 12.7. The zero-order valence-corrected chi connectivity index (χ0v) is 14.2. The van der Waals surface area contributed by atoms with Crippen LogP contribution in [0, 0.1) is 6.92 Å². The number of fused-ring (bicyclic) bond motifs is 1. The summed E-state index contributed by atoms with van der Waals surface area (Å²) < 4.78 is 4.81. The van der Waals surface area contributed by atoms with Gasteiger partial charge in [-0.1, -0.05) is 53.5 Å². The van der Waals surface area contributed by atoms with Crippen molar-refractivity contribution in [2.45, 2.75) is 6.92 Å². The molecule has 0 bridgehead atoms. The Bertz CT molecular complexity index is 917. The van der Waals surface area contributed by atoms with Crippen LogP contribution < -0.4 is 0 Å². The van der Waals surface area contributed by atoms with Gasteiger partial charge in [-0.15, -0.1) is 0 Å². The molecule has 2 nitrogen and oxygen atoms in total. The number of carbonyl (C=O) groups is 1. The Morgan fingerprint density at radius 2 is 1.70 bits per heavy atom. The van der Waals surface area contributed by atoms with Gasteiger partial charge in [-0.05, 0) is 41.6 Å². The number of methoxy groups -OCH3 is 1. The Balaban J connectivity index is 2.40. The van der Waals surface area contributed by atoms with Crippen LogP contribution in [0.25, 0.3) is 21.9 Å². The third-order valence-electron chi connectivity index (χ3n) is 3.87. The van der Waals surface area contributed by atoms with Crippen molar-refractivity contribution in [3.8, 4) is 11.1 Å². The van der Waals surface area contributed by atoms with E-state index in [-0.39, 0.29) is 0 Å². The van der Waals surface area contributed by atoms with E-state index in [0.717, 1.165) is 27.5 Å². The predicted molar refractivity (Wildman–Crippen MR) is 95.5 cm³/mol. The molecule has 23 heavy (non-hydrogen) atoms. The number of esters is 1. The maximum absolute atomic E-state index is 11.9. The van der Waals surface area contributed by atoms with Gasteiger partial charge >= 0.3 is 5.97 Å². The Labute approximate surface area is 144 Å². The zero-order chi connectivity index (χ0) is 16.6. The lowest BCUT2D eigenvalue weighted by atomic mass is 9.94. The number of hydrogen-bond acceptors (Lipinski definition) is 2. The average molecular weight is 345 g/mol. The number of aryl methyl sites for hydroxylation is 1. The summed E-state index contributed by atoms with van der Waals surface area (Å²) in [6.07, 6.45) is 0. The van der Waals surface area contributed by atoms with E-state index in [1.54, 1.807) is 18.2 Å². The van der Waals surface area contributed by atoms with Crippen LogP contribution in [-0.2, 0) is 4.74 Å². The average Bonchev–Trinajstić information content (AvgIpc) is 2.55. The molecule has 0 aromatic heterocycles. The van der Waals surface area contributed by atoms with Crippen LogP contribution in [0.15, 0.2) is 48.5 Å². The Kier molecular flexibility index (Phi) is 4.29. The van der Waals surface area contributed by atoms with Crippen molar-refractivity contribution in [1.29, 1.82) is 0 Å². The molecule has 0 saturated carbocycles. The standard InChI is InChI=1S/C19H14Cl2O2/c1-11-5-3-4-6-13(11)18-15-9-12(19(22)23-2)7-8-14(15)16(20)10-17(18)21/h3-10H,1-2H3. The van der Waals surface area contributed by atoms with Gasteiger partial charge in [0.25, 0.3) is 0 Å². The largest absolute Gasteiger partial charge is 0.465 e. The number of hydrogen-bond donors (Lipinski definition) is 0. The first kappa shape index (κ1) is 15.9. The number of carbonyl (C=O) groups excluding carboxylic acids is 1. The first-order valence-electron chi connectivity index (χ1n) is 7.09. The molecule has 0 heterocycles. The molecule has 0 aliphatic heterocycles. The van der Waals surface area contributed by atoms with E-state index >= 15 is 0 Å². The van der Waals surface area contributed by atoms with Gasteiger partial charge < -0.3 is 4.74 Å². The number of ether oxygens (including phenoxy) is 1. The molecule has 0 saturated heterocycles. The molecule has 3 aromatic rings. The maximum Gasteiger partial charge on any atom is 0.337 e. The van der Waals surface area contributed by atoms with Gasteiger partial charge in [-0.2, -0.15) is 0 Å². The lowest BCUT2D eigenvalue weighted by Crippen LogP contribution is -2.01. The summed E-state index contributed by atoms with van der Waals surface area (Å²) in [4.78, 5) is 11.9. The molecule has 0 N–H and O–H groups in total. The molecule has 0 aliphatic carbocycles. The molecule has 0 radical (unpaired) electrons. The quantitative estimate of drug-likeness (QED) is 0.540. The Hall–Kier alpha value is -2.03. The van der Waals surface area contributed by atoms with Crippen molar-refractivity contribution in [2.75, 3.05) is 7.11 Å². The summed E-state index contributed by atoms with van der Waals surface area (Å²) in [5, 5.41) is 2.79. The molecule has 3 aromatic carbocycles. The minimum absolute atomic E-state index is 0.390. The maximum atomic E-state index is 11.9. The fraction of sp³-hybridized carbons (Fsp3) is 0.105. The van der Waals surface area contributed by atoms with Gasteiger partial charge in [0.2, 0.25) is 0 Å². The fourth-order valence-electron chi connectivity index (χ4n) is 2.72. The minimum atomic E-state index is -0.390. The van der Waals surface area contributed by atoms with E-state index in [9.17, 15) is 4.79 Å². The molecule has 0 spiro atoms. The second-order valence-corrected chi connectivity index (χ2v) is 6.10. The fourth-order valence-corrected chi connectivity index (χ4v) is 3.36. The highest BCUT2D eigenvalue weighted by molar-refractivity contribution is 6.41. The lowest BCUT2D eigenvalue weighted by Gasteiger charge is -2.14. The molecule has 0 aliphatic rings. The molecular weight excluding hydrogens is 331 g/mol. The molecule has 116 valence electrons. The van der Waals surface area contributed by atoms with Gasteiger partial charge in [0.05, 0.1) is 17.7 Å². The third-order valence-corrected chi connectivity index (χ3v) is 4.48. The summed E-state index contributed by atoms with van der Waals surface area (Å²) in [5.74, 6) is -0.390. The van der Waals surface area contributed by atoms with Crippen molar-refractivity contribution in [3.05, 3.63) is 69.7 Å². The number of benzene rings is 3. The molecular formula is C19H14Cl2O2. The highest BCUT2D eigenvalue weighted by atomic mass is 35.5. The Morgan fingerprint density at radius 3 is 2.39 bits per heavy atom. The molecule has 4 heteroatoms. The van der Waals surface area contributed by atoms with Gasteiger partial charge in [-0.25, -0.2) is 4.79 Å². The second kappa shape index (κ2) is 6.23. The third kappa shape index (κ3) is 2.80. The van der Waals surface area contributed by atoms with Crippen molar-refractivity contribution in [1.82, 2.24) is 0 Å². The van der Waals surface area contributed by atoms with Crippen LogP contribution >= 0.6 is 23.2 Å². The van der Waals surface area contributed by atoms with Gasteiger partial charge in [0, 0.05) is 16.0 Å². The predicted octanol–water partition coefficient (Wildman–Crippen LogP) is 5.91. The van der Waals surface area contributed by atoms with Crippen molar-refractivity contribution in [3.63, 3.8) is 0 Å². The summed E-state index contributed by atoms with van der Waals surface area (Å²) in [5.41, 5.74) is 3.45. The van der Waals surface area contributed by atoms with Gasteiger partial charge in [0.1, 0.15) is 0 Å². The van der Waals surface area contributed by atoms with E-state index in [1.807, 2.05) is 37.3 Å². The summed E-state index contributed by atoms with van der Waals surface area (Å²) in [7, 11) is 1.36. The van der Waals surface area contributed by atoms with E-state index in [0.29, 0.717) is 15.6 Å². The normalized spacial score (nSPS) is 10.8. The van der Waals surface area contributed by atoms with Crippen LogP contribution in [0.1, 0.15) is 15.9 Å². The lowest BCUT2D eigenvalue weighted by molar-refractivity contribution is 0.0601. The number of rotatable bonds is 2. The molecule has 0 unspecified atom stereocenters. The van der Waals surface area contributed by atoms with Crippen LogP contribution in [0.3, 0.4) is 0 Å². The number of halogens is 2. The second-order valence-electron chi connectivity index (χ2n) is 5.28. The molecule has 0 atom stereocenters. The monoisotopic (exact) mass is 344 g/mol. The van der Waals surface area contributed by atoms with Crippen molar-refractivity contribution >= 4 is 39.9 Å².